The molecule has 0 spiro atoms. The second kappa shape index (κ2) is 6.63. The van der Waals surface area contributed by atoms with E-state index in [0.29, 0.717) is 6.54 Å². The first kappa shape index (κ1) is 14.7. The van der Waals surface area contributed by atoms with Gasteiger partial charge in [-0.05, 0) is 35.4 Å². The first-order valence-corrected chi connectivity index (χ1v) is 6.88. The molecule has 0 fully saturated rings. The van der Waals surface area contributed by atoms with Crippen LogP contribution in [0.25, 0.3) is 0 Å². The molecule has 2 aromatic carbocycles. The van der Waals surface area contributed by atoms with E-state index in [0.717, 1.165) is 15.6 Å². The van der Waals surface area contributed by atoms with Gasteiger partial charge in [-0.3, -0.25) is 10.1 Å². The highest BCUT2D eigenvalue weighted by atomic mass is 79.9. The van der Waals surface area contributed by atoms with E-state index in [-0.39, 0.29) is 5.82 Å². The molecule has 0 heterocycles. The molecule has 0 unspecified atom stereocenters. The molecule has 1 amide bonds. The first-order valence-electron chi connectivity index (χ1n) is 6.09. The maximum absolute atomic E-state index is 13.1. The van der Waals surface area contributed by atoms with Crippen LogP contribution in [0.2, 0.25) is 0 Å². The van der Waals surface area contributed by atoms with Crippen molar-refractivity contribution in [2.75, 3.05) is 0 Å². The molecule has 0 aliphatic carbocycles. The number of nitrogens with two attached hydrogens (primary N) is 1. The van der Waals surface area contributed by atoms with Crippen LogP contribution in [-0.4, -0.2) is 5.91 Å². The predicted octanol–water partition coefficient (Wildman–Crippen LogP) is 2.90. The molecule has 0 aliphatic rings. The second-order valence-electron chi connectivity index (χ2n) is 4.40. The molecule has 3 nitrogen and oxygen atoms in total. The van der Waals surface area contributed by atoms with Crippen molar-refractivity contribution in [1.82, 2.24) is 5.32 Å². The van der Waals surface area contributed by atoms with Crippen molar-refractivity contribution in [3.8, 4) is 0 Å². The number of carbonyl (C=O) groups excluding carboxylic acids is 1. The fraction of sp³-hybridized carbons (Fsp3) is 0.133. The van der Waals surface area contributed by atoms with Crippen molar-refractivity contribution in [2.24, 2.45) is 5.73 Å². The molecular weight excluding hydrogens is 323 g/mol. The minimum atomic E-state index is -0.605. The van der Waals surface area contributed by atoms with Crippen LogP contribution in [0.5, 0.6) is 0 Å². The van der Waals surface area contributed by atoms with E-state index in [1.165, 1.54) is 12.1 Å². The average Bonchev–Trinajstić information content (AvgIpc) is 2.41. The van der Waals surface area contributed by atoms with Crippen LogP contribution in [0.15, 0.2) is 53.0 Å². The summed E-state index contributed by atoms with van der Waals surface area (Å²) in [5.74, 6) is -0.771. The van der Waals surface area contributed by atoms with Gasteiger partial charge >= 0.3 is 0 Å². The summed E-state index contributed by atoms with van der Waals surface area (Å²) in [5, 5.41) is 3.04. The number of amides is 1. The molecule has 20 heavy (non-hydrogen) atoms. The standard InChI is InChI=1S/C15H14BrFN2O/c16-12-6-4-11(5-7-12)14(15(18)20)19-9-10-2-1-3-13(17)8-10/h1-8,14,19H,9H2,(H2,18,20)/t14-/m1/s1. The number of rotatable bonds is 5. The highest BCUT2D eigenvalue weighted by molar-refractivity contribution is 9.10. The van der Waals surface area contributed by atoms with Crippen molar-refractivity contribution in [1.29, 1.82) is 0 Å². The monoisotopic (exact) mass is 336 g/mol. The number of halogens is 2. The number of primary amides is 1. The number of nitrogens with one attached hydrogen (secondary N) is 1. The molecule has 0 aromatic heterocycles. The summed E-state index contributed by atoms with van der Waals surface area (Å²) < 4.78 is 14.0. The lowest BCUT2D eigenvalue weighted by atomic mass is 10.1. The zero-order valence-corrected chi connectivity index (χ0v) is 12.2. The lowest BCUT2D eigenvalue weighted by Gasteiger charge is -2.16. The van der Waals surface area contributed by atoms with Gasteiger partial charge in [0.15, 0.2) is 0 Å². The molecule has 0 saturated carbocycles. The van der Waals surface area contributed by atoms with Gasteiger partial charge in [-0.1, -0.05) is 40.2 Å². The molecule has 2 aromatic rings. The highest BCUT2D eigenvalue weighted by Crippen LogP contribution is 2.17. The number of hydrogen-bond acceptors (Lipinski definition) is 2. The summed E-state index contributed by atoms with van der Waals surface area (Å²) in [6.07, 6.45) is 0. The maximum atomic E-state index is 13.1. The highest BCUT2D eigenvalue weighted by Gasteiger charge is 2.16. The van der Waals surface area contributed by atoms with Crippen molar-refractivity contribution in [3.63, 3.8) is 0 Å². The molecule has 1 atom stereocenters. The van der Waals surface area contributed by atoms with Gasteiger partial charge in [-0.2, -0.15) is 0 Å². The van der Waals surface area contributed by atoms with E-state index in [2.05, 4.69) is 21.2 Å². The SMILES string of the molecule is NC(=O)[C@H](NCc1cccc(F)c1)c1ccc(Br)cc1. The van der Waals surface area contributed by atoms with Crippen molar-refractivity contribution in [3.05, 3.63) is 69.9 Å². The molecule has 2 rings (SSSR count). The van der Waals surface area contributed by atoms with Crippen LogP contribution in [-0.2, 0) is 11.3 Å². The molecule has 0 bridgehead atoms. The fourth-order valence-electron chi connectivity index (χ4n) is 1.90. The quantitative estimate of drug-likeness (QED) is 0.881. The van der Waals surface area contributed by atoms with Gasteiger partial charge in [0.2, 0.25) is 5.91 Å². The van der Waals surface area contributed by atoms with Gasteiger partial charge in [0, 0.05) is 11.0 Å². The Morgan fingerprint density at radius 3 is 2.55 bits per heavy atom. The molecular formula is C15H14BrFN2O. The number of benzene rings is 2. The summed E-state index contributed by atoms with van der Waals surface area (Å²) in [6.45, 7) is 0.363. The van der Waals surface area contributed by atoms with Crippen LogP contribution in [0, 0.1) is 5.82 Å². The third-order valence-corrected chi connectivity index (χ3v) is 3.42. The van der Waals surface area contributed by atoms with Gasteiger partial charge in [-0.15, -0.1) is 0 Å². The minimum Gasteiger partial charge on any atom is -0.368 e. The van der Waals surface area contributed by atoms with Gasteiger partial charge in [0.05, 0.1) is 0 Å². The van der Waals surface area contributed by atoms with Crippen LogP contribution < -0.4 is 11.1 Å². The average molecular weight is 337 g/mol. The van der Waals surface area contributed by atoms with E-state index >= 15 is 0 Å². The smallest absolute Gasteiger partial charge is 0.239 e. The Morgan fingerprint density at radius 1 is 1.25 bits per heavy atom. The number of carbonyl (C=O) groups is 1. The largest absolute Gasteiger partial charge is 0.368 e. The molecule has 104 valence electrons. The lowest BCUT2D eigenvalue weighted by Crippen LogP contribution is -2.33. The summed E-state index contributed by atoms with van der Waals surface area (Å²) >= 11 is 3.34. The summed E-state index contributed by atoms with van der Waals surface area (Å²) in [4.78, 5) is 11.5. The van der Waals surface area contributed by atoms with Crippen molar-refractivity contribution >= 4 is 21.8 Å². The van der Waals surface area contributed by atoms with Gasteiger partial charge in [-0.25, -0.2) is 4.39 Å². The molecule has 0 saturated heterocycles. The normalized spacial score (nSPS) is 12.1. The summed E-state index contributed by atoms with van der Waals surface area (Å²) in [7, 11) is 0. The zero-order valence-electron chi connectivity index (χ0n) is 10.6. The Bertz CT molecular complexity index is 601. The van der Waals surface area contributed by atoms with Crippen molar-refractivity contribution < 1.29 is 9.18 Å². The van der Waals surface area contributed by atoms with Crippen LogP contribution >= 0.6 is 15.9 Å². The molecule has 5 heteroatoms. The Balaban J connectivity index is 2.10. The van der Waals surface area contributed by atoms with E-state index < -0.39 is 11.9 Å². The van der Waals surface area contributed by atoms with Gasteiger partial charge in [0.1, 0.15) is 11.9 Å². The summed E-state index contributed by atoms with van der Waals surface area (Å²) in [6, 6.07) is 12.9. The molecule has 3 N–H and O–H groups in total. The van der Waals surface area contributed by atoms with E-state index in [1.807, 2.05) is 24.3 Å². The minimum absolute atomic E-state index is 0.302. The third-order valence-electron chi connectivity index (χ3n) is 2.89. The Hall–Kier alpha value is -1.72. The third kappa shape index (κ3) is 3.88. The Kier molecular flexibility index (Phi) is 4.87. The Labute approximate surface area is 125 Å². The van der Waals surface area contributed by atoms with Crippen LogP contribution in [0.1, 0.15) is 17.2 Å². The second-order valence-corrected chi connectivity index (χ2v) is 5.31. The topological polar surface area (TPSA) is 55.1 Å². The Morgan fingerprint density at radius 2 is 1.95 bits per heavy atom. The fourth-order valence-corrected chi connectivity index (χ4v) is 2.17. The van der Waals surface area contributed by atoms with Gasteiger partial charge < -0.3 is 5.73 Å². The number of hydrogen-bond donors (Lipinski definition) is 2. The van der Waals surface area contributed by atoms with E-state index in [1.54, 1.807) is 12.1 Å². The zero-order chi connectivity index (χ0) is 14.5. The van der Waals surface area contributed by atoms with E-state index in [9.17, 15) is 9.18 Å². The molecule has 0 aliphatic heterocycles. The maximum Gasteiger partial charge on any atom is 0.239 e. The molecule has 0 radical (unpaired) electrons. The lowest BCUT2D eigenvalue weighted by molar-refractivity contribution is -0.120. The van der Waals surface area contributed by atoms with Crippen LogP contribution in [0.3, 0.4) is 0 Å². The summed E-state index contributed by atoms with van der Waals surface area (Å²) in [5.41, 5.74) is 6.95. The first-order chi connectivity index (χ1) is 9.56. The predicted molar refractivity (Wildman–Crippen MR) is 79.3 cm³/mol. The van der Waals surface area contributed by atoms with Crippen LogP contribution in [0.4, 0.5) is 4.39 Å². The van der Waals surface area contributed by atoms with Crippen molar-refractivity contribution in [2.45, 2.75) is 12.6 Å². The van der Waals surface area contributed by atoms with E-state index in [4.69, 9.17) is 5.73 Å². The van der Waals surface area contributed by atoms with Gasteiger partial charge in [0.25, 0.3) is 0 Å².